The summed E-state index contributed by atoms with van der Waals surface area (Å²) >= 11 is 0. The molecular formula is C26H39NO2. The Labute approximate surface area is 176 Å². The summed E-state index contributed by atoms with van der Waals surface area (Å²) in [4.78, 5) is 0. The molecule has 0 heterocycles. The van der Waals surface area contributed by atoms with Crippen molar-refractivity contribution in [2.24, 2.45) is 17.8 Å². The first kappa shape index (κ1) is 22.3. The highest BCUT2D eigenvalue weighted by Gasteiger charge is 2.42. The molecule has 3 rings (SSSR count). The van der Waals surface area contributed by atoms with Crippen LogP contribution in [-0.4, -0.2) is 36.0 Å². The number of hydrogen-bond donors (Lipinski definition) is 3. The molecule has 0 radical (unpaired) electrons. The second-order valence-electron chi connectivity index (χ2n) is 8.98. The van der Waals surface area contributed by atoms with E-state index < -0.39 is 0 Å². The van der Waals surface area contributed by atoms with Gasteiger partial charge in [-0.15, -0.1) is 0 Å². The number of rotatable bonds is 12. The minimum atomic E-state index is -0.171. The van der Waals surface area contributed by atoms with E-state index in [1.807, 2.05) is 0 Å². The van der Waals surface area contributed by atoms with Gasteiger partial charge in [-0.1, -0.05) is 60.1 Å². The van der Waals surface area contributed by atoms with Crippen molar-refractivity contribution in [1.82, 2.24) is 5.32 Å². The van der Waals surface area contributed by atoms with Crippen LogP contribution in [0.1, 0.15) is 56.1 Å². The molecule has 4 atom stereocenters. The van der Waals surface area contributed by atoms with Gasteiger partial charge in [0.15, 0.2) is 0 Å². The van der Waals surface area contributed by atoms with Crippen LogP contribution in [0.5, 0.6) is 0 Å². The van der Waals surface area contributed by atoms with Gasteiger partial charge in [-0.05, 0) is 75.8 Å². The van der Waals surface area contributed by atoms with Gasteiger partial charge in [-0.2, -0.15) is 0 Å². The monoisotopic (exact) mass is 397 g/mol. The van der Waals surface area contributed by atoms with E-state index in [-0.39, 0.29) is 12.7 Å². The Morgan fingerprint density at radius 2 is 2.03 bits per heavy atom. The molecule has 0 bridgehead atoms. The van der Waals surface area contributed by atoms with Crippen LogP contribution in [0.15, 0.2) is 48.1 Å². The Morgan fingerprint density at radius 1 is 1.14 bits per heavy atom. The first-order valence-electron chi connectivity index (χ1n) is 11.6. The molecule has 0 unspecified atom stereocenters. The third-order valence-electron chi connectivity index (χ3n) is 6.63. The van der Waals surface area contributed by atoms with Crippen molar-refractivity contribution >= 4 is 0 Å². The molecule has 160 valence electrons. The largest absolute Gasteiger partial charge is 0.395 e. The lowest BCUT2D eigenvalue weighted by atomic mass is 9.88. The predicted molar refractivity (Wildman–Crippen MR) is 121 cm³/mol. The Kier molecular flexibility index (Phi) is 8.97. The maximum absolute atomic E-state index is 10.5. The normalized spacial score (nSPS) is 26.2. The Morgan fingerprint density at radius 3 is 2.86 bits per heavy atom. The van der Waals surface area contributed by atoms with Crippen LogP contribution in [0.4, 0.5) is 0 Å². The van der Waals surface area contributed by atoms with E-state index in [9.17, 15) is 5.11 Å². The molecule has 1 aromatic carbocycles. The van der Waals surface area contributed by atoms with Gasteiger partial charge in [-0.3, -0.25) is 0 Å². The lowest BCUT2D eigenvalue weighted by Crippen LogP contribution is -2.19. The van der Waals surface area contributed by atoms with Crippen molar-refractivity contribution in [3.63, 3.8) is 0 Å². The number of hydrogen-bond acceptors (Lipinski definition) is 3. The van der Waals surface area contributed by atoms with Crippen molar-refractivity contribution in [2.75, 3.05) is 19.7 Å². The van der Waals surface area contributed by atoms with Crippen LogP contribution in [0.2, 0.25) is 0 Å². The molecule has 1 fully saturated rings. The average Bonchev–Trinajstić information content (AvgIpc) is 3.21. The average molecular weight is 398 g/mol. The van der Waals surface area contributed by atoms with E-state index in [1.54, 1.807) is 5.57 Å². The van der Waals surface area contributed by atoms with Gasteiger partial charge < -0.3 is 15.5 Å². The first-order chi connectivity index (χ1) is 14.2. The third-order valence-corrected chi connectivity index (χ3v) is 6.63. The Balaban J connectivity index is 1.38. The highest BCUT2D eigenvalue weighted by atomic mass is 16.3. The number of nitrogens with one attached hydrogen (secondary N) is 1. The molecule has 3 heteroatoms. The number of aliphatic hydroxyl groups is 2. The predicted octanol–water partition coefficient (Wildman–Crippen LogP) is 4.57. The second-order valence-corrected chi connectivity index (χ2v) is 8.98. The molecule has 3 nitrogen and oxygen atoms in total. The fourth-order valence-electron chi connectivity index (χ4n) is 5.14. The molecule has 0 saturated heterocycles. The van der Waals surface area contributed by atoms with Crippen LogP contribution in [-0.2, 0) is 6.42 Å². The topological polar surface area (TPSA) is 52.5 Å². The number of fused-ring (bicyclic) bond motifs is 1. The van der Waals surface area contributed by atoms with E-state index in [0.717, 1.165) is 25.8 Å². The zero-order chi connectivity index (χ0) is 20.5. The molecule has 0 aliphatic heterocycles. The maximum Gasteiger partial charge on any atom is 0.0611 e. The molecular weight excluding hydrogens is 358 g/mol. The van der Waals surface area contributed by atoms with Gasteiger partial charge in [0, 0.05) is 12.5 Å². The number of aryl methyl sites for hydroxylation is 2. The van der Waals surface area contributed by atoms with E-state index >= 15 is 0 Å². The zero-order valence-corrected chi connectivity index (χ0v) is 18.0. The standard InChI is InChI=1S/C26H39NO2/c1-20-8-7-11-21(16-20)9-4-5-12-24-25-18-22(17-23(25)19-26(24)29)10-3-2-6-13-27-14-15-28/h5,7-8,11-12,16-17,23-29H,2-4,6,9-10,13-15,18-19H2,1H3/b12-5+/t23-,24+,25-,26+/m0/s1. The molecule has 29 heavy (non-hydrogen) atoms. The van der Waals surface area contributed by atoms with Gasteiger partial charge in [0.2, 0.25) is 0 Å². The van der Waals surface area contributed by atoms with Crippen LogP contribution in [0.3, 0.4) is 0 Å². The summed E-state index contributed by atoms with van der Waals surface area (Å²) in [7, 11) is 0. The molecule has 0 aromatic heterocycles. The minimum absolute atomic E-state index is 0.171. The molecule has 2 aliphatic carbocycles. The summed E-state index contributed by atoms with van der Waals surface area (Å²) in [5, 5.41) is 22.6. The quantitative estimate of drug-likeness (QED) is 0.358. The van der Waals surface area contributed by atoms with E-state index in [2.05, 4.69) is 54.7 Å². The van der Waals surface area contributed by atoms with Gasteiger partial charge >= 0.3 is 0 Å². The maximum atomic E-state index is 10.5. The molecule has 0 amide bonds. The lowest BCUT2D eigenvalue weighted by molar-refractivity contribution is 0.141. The van der Waals surface area contributed by atoms with Gasteiger partial charge in [0.05, 0.1) is 12.7 Å². The SMILES string of the molecule is Cc1cccc(CC/C=C/[C@@H]2[C@H]3CC(CCCCCNCCO)=C[C@H]3C[C@H]2O)c1. The van der Waals surface area contributed by atoms with Gasteiger partial charge in [0.25, 0.3) is 0 Å². The van der Waals surface area contributed by atoms with Crippen molar-refractivity contribution in [2.45, 2.75) is 64.4 Å². The van der Waals surface area contributed by atoms with Crippen LogP contribution >= 0.6 is 0 Å². The van der Waals surface area contributed by atoms with Gasteiger partial charge in [-0.25, -0.2) is 0 Å². The fourth-order valence-corrected chi connectivity index (χ4v) is 5.14. The summed E-state index contributed by atoms with van der Waals surface area (Å²) in [5.74, 6) is 1.52. The smallest absolute Gasteiger partial charge is 0.0611 e. The second kappa shape index (κ2) is 11.7. The van der Waals surface area contributed by atoms with Crippen LogP contribution in [0.25, 0.3) is 0 Å². The highest BCUT2D eigenvalue weighted by Crippen LogP contribution is 2.48. The molecule has 3 N–H and O–H groups in total. The Hall–Kier alpha value is -1.42. The lowest BCUT2D eigenvalue weighted by Gasteiger charge is -2.18. The molecule has 1 saturated carbocycles. The first-order valence-corrected chi connectivity index (χ1v) is 11.6. The number of allylic oxidation sites excluding steroid dienone is 3. The number of benzene rings is 1. The van der Waals surface area contributed by atoms with E-state index in [0.29, 0.717) is 24.3 Å². The summed E-state index contributed by atoms with van der Waals surface area (Å²) in [6.07, 6.45) is 16.1. The molecule has 2 aliphatic rings. The van der Waals surface area contributed by atoms with Crippen molar-refractivity contribution in [1.29, 1.82) is 0 Å². The van der Waals surface area contributed by atoms with Crippen molar-refractivity contribution in [3.05, 3.63) is 59.2 Å². The molecule has 1 aromatic rings. The fraction of sp³-hybridized carbons (Fsp3) is 0.615. The van der Waals surface area contributed by atoms with E-state index in [4.69, 9.17) is 5.11 Å². The zero-order valence-electron chi connectivity index (χ0n) is 18.0. The molecule has 0 spiro atoms. The Bertz CT molecular complexity index is 681. The van der Waals surface area contributed by atoms with Crippen molar-refractivity contribution in [3.8, 4) is 0 Å². The van der Waals surface area contributed by atoms with Crippen molar-refractivity contribution < 1.29 is 10.2 Å². The van der Waals surface area contributed by atoms with E-state index in [1.165, 1.54) is 43.2 Å². The van der Waals surface area contributed by atoms with Crippen LogP contribution in [0, 0.1) is 24.7 Å². The minimum Gasteiger partial charge on any atom is -0.395 e. The highest BCUT2D eigenvalue weighted by molar-refractivity contribution is 5.23. The summed E-state index contributed by atoms with van der Waals surface area (Å²) in [6, 6.07) is 8.76. The summed E-state index contributed by atoms with van der Waals surface area (Å²) in [6.45, 7) is 4.08. The number of aliphatic hydroxyl groups excluding tert-OH is 2. The van der Waals surface area contributed by atoms with Gasteiger partial charge in [0.1, 0.15) is 0 Å². The number of unbranched alkanes of at least 4 members (excludes halogenated alkanes) is 2. The third kappa shape index (κ3) is 6.80. The van der Waals surface area contributed by atoms with Crippen LogP contribution < -0.4 is 5.32 Å². The summed E-state index contributed by atoms with van der Waals surface area (Å²) in [5.41, 5.74) is 4.34. The summed E-state index contributed by atoms with van der Waals surface area (Å²) < 4.78 is 0.